The maximum absolute atomic E-state index is 12.2. The number of nitrogens with one attached hydrogen (secondary N) is 2. The Morgan fingerprint density at radius 1 is 1.55 bits per heavy atom. The number of aryl methyl sites for hydroxylation is 1. The van der Waals surface area contributed by atoms with Gasteiger partial charge in [0.15, 0.2) is 0 Å². The quantitative estimate of drug-likeness (QED) is 0.551. The van der Waals surface area contributed by atoms with Crippen molar-refractivity contribution >= 4 is 11.8 Å². The van der Waals surface area contributed by atoms with E-state index in [0.29, 0.717) is 6.54 Å². The third kappa shape index (κ3) is 3.22. The summed E-state index contributed by atoms with van der Waals surface area (Å²) in [5, 5.41) is 9.73. The van der Waals surface area contributed by atoms with E-state index >= 15 is 0 Å². The lowest BCUT2D eigenvalue weighted by Gasteiger charge is -2.21. The molecule has 1 aromatic heterocycles. The van der Waals surface area contributed by atoms with Gasteiger partial charge in [0.25, 0.3) is 0 Å². The summed E-state index contributed by atoms with van der Waals surface area (Å²) in [5.41, 5.74) is 0. The van der Waals surface area contributed by atoms with E-state index in [1.807, 2.05) is 13.8 Å². The molecule has 20 heavy (non-hydrogen) atoms. The minimum Gasteiger partial charge on any atom is -0.305 e. The third-order valence-corrected chi connectivity index (χ3v) is 3.66. The molecule has 2 unspecified atom stereocenters. The molecular weight excluding hydrogens is 258 g/mol. The molecule has 0 spiro atoms. The number of rotatable bonds is 7. The minimum absolute atomic E-state index is 0.0176. The highest BCUT2D eigenvalue weighted by molar-refractivity contribution is 6.05. The van der Waals surface area contributed by atoms with Crippen molar-refractivity contribution in [2.24, 2.45) is 0 Å². The second-order valence-corrected chi connectivity index (χ2v) is 5.11. The molecule has 2 N–H and O–H groups in total. The zero-order valence-electron chi connectivity index (χ0n) is 11.9. The molecule has 2 atom stereocenters. The van der Waals surface area contributed by atoms with Crippen molar-refractivity contribution in [2.75, 3.05) is 6.54 Å². The Labute approximate surface area is 118 Å². The predicted molar refractivity (Wildman–Crippen MR) is 72.7 cm³/mol. The number of hydrogen-bond acceptors (Lipinski definition) is 5. The first-order valence-electron chi connectivity index (χ1n) is 7.07. The summed E-state index contributed by atoms with van der Waals surface area (Å²) >= 11 is 0. The van der Waals surface area contributed by atoms with E-state index in [4.69, 9.17) is 0 Å². The second-order valence-electron chi connectivity index (χ2n) is 5.11. The Kier molecular flexibility index (Phi) is 4.84. The van der Waals surface area contributed by atoms with Crippen molar-refractivity contribution in [3.05, 3.63) is 12.2 Å². The fourth-order valence-corrected chi connectivity index (χ4v) is 2.34. The Hall–Kier alpha value is -1.76. The van der Waals surface area contributed by atoms with Gasteiger partial charge in [0.2, 0.25) is 11.8 Å². The van der Waals surface area contributed by atoms with Crippen LogP contribution in [0.5, 0.6) is 0 Å². The maximum Gasteiger partial charge on any atom is 0.247 e. The van der Waals surface area contributed by atoms with Crippen LogP contribution in [0.4, 0.5) is 0 Å². The average molecular weight is 279 g/mol. The number of hydrogen-bond donors (Lipinski definition) is 2. The van der Waals surface area contributed by atoms with Gasteiger partial charge >= 0.3 is 0 Å². The van der Waals surface area contributed by atoms with Crippen LogP contribution in [0.3, 0.4) is 0 Å². The van der Waals surface area contributed by atoms with E-state index < -0.39 is 0 Å². The van der Waals surface area contributed by atoms with E-state index in [2.05, 4.69) is 20.5 Å². The smallest absolute Gasteiger partial charge is 0.247 e. The number of aromatic amines is 1. The summed E-state index contributed by atoms with van der Waals surface area (Å²) in [5.74, 6) is 0.669. The molecule has 1 saturated heterocycles. The van der Waals surface area contributed by atoms with Crippen LogP contribution in [0.15, 0.2) is 6.33 Å². The molecule has 0 aromatic carbocycles. The van der Waals surface area contributed by atoms with Crippen LogP contribution in [0.25, 0.3) is 0 Å². The number of carbonyl (C=O) groups is 2. The molecule has 2 amide bonds. The molecule has 1 fully saturated rings. The van der Waals surface area contributed by atoms with Gasteiger partial charge in [0, 0.05) is 12.5 Å². The number of likely N-dealkylation sites (tertiary alicyclic amines) is 1. The van der Waals surface area contributed by atoms with Gasteiger partial charge in [-0.15, -0.1) is 0 Å². The first-order valence-corrected chi connectivity index (χ1v) is 7.07. The summed E-state index contributed by atoms with van der Waals surface area (Å²) in [6, 6.07) is -0.387. The van der Waals surface area contributed by atoms with E-state index in [-0.39, 0.29) is 30.3 Å². The van der Waals surface area contributed by atoms with E-state index in [0.717, 1.165) is 25.1 Å². The topological polar surface area (TPSA) is 91.0 Å². The molecule has 110 valence electrons. The Morgan fingerprint density at radius 3 is 3.00 bits per heavy atom. The lowest BCUT2D eigenvalue weighted by molar-refractivity contribution is -0.141. The largest absolute Gasteiger partial charge is 0.305 e. The lowest BCUT2D eigenvalue weighted by atomic mass is 10.2. The summed E-state index contributed by atoms with van der Waals surface area (Å²) in [4.78, 5) is 29.4. The van der Waals surface area contributed by atoms with Crippen LogP contribution in [0, 0.1) is 0 Å². The third-order valence-electron chi connectivity index (χ3n) is 3.66. The number of nitrogens with zero attached hydrogens (tertiary/aromatic N) is 3. The van der Waals surface area contributed by atoms with Crippen molar-refractivity contribution in [1.82, 2.24) is 25.4 Å². The van der Waals surface area contributed by atoms with E-state index in [1.165, 1.54) is 11.2 Å². The Balaban J connectivity index is 1.76. The van der Waals surface area contributed by atoms with Gasteiger partial charge in [-0.1, -0.05) is 6.92 Å². The van der Waals surface area contributed by atoms with Crippen molar-refractivity contribution in [3.8, 4) is 0 Å². The number of aromatic nitrogens is 3. The Morgan fingerprint density at radius 2 is 2.35 bits per heavy atom. The summed E-state index contributed by atoms with van der Waals surface area (Å²) in [6.45, 7) is 4.56. The molecule has 1 aromatic rings. The van der Waals surface area contributed by atoms with Gasteiger partial charge in [-0.25, -0.2) is 4.98 Å². The molecule has 0 saturated carbocycles. The first-order chi connectivity index (χ1) is 9.63. The normalized spacial score (nSPS) is 20.7. The molecular formula is C13H21N5O2. The molecule has 2 rings (SSSR count). The SMILES string of the molecule is CCC(C)N1C(=O)CC(NCCCc2ncn[nH]2)C1=O. The second kappa shape index (κ2) is 6.60. The number of carbonyl (C=O) groups excluding carboxylic acids is 2. The number of amides is 2. The highest BCUT2D eigenvalue weighted by Gasteiger charge is 2.39. The minimum atomic E-state index is -0.369. The molecule has 7 heteroatoms. The molecule has 2 heterocycles. The summed E-state index contributed by atoms with van der Waals surface area (Å²) < 4.78 is 0. The van der Waals surface area contributed by atoms with Crippen molar-refractivity contribution < 1.29 is 9.59 Å². The standard InChI is InChI=1S/C13H21N5O2/c1-3-9(2)18-12(19)7-10(13(18)20)14-6-4-5-11-15-8-16-17-11/h8-10,14H,3-7H2,1-2H3,(H,15,16,17). The van der Waals surface area contributed by atoms with Crippen molar-refractivity contribution in [1.29, 1.82) is 0 Å². The monoisotopic (exact) mass is 279 g/mol. The molecule has 0 bridgehead atoms. The summed E-state index contributed by atoms with van der Waals surface area (Å²) in [7, 11) is 0. The molecule has 1 aliphatic rings. The van der Waals surface area contributed by atoms with Gasteiger partial charge in [-0.2, -0.15) is 5.10 Å². The first kappa shape index (κ1) is 14.6. The predicted octanol–water partition coefficient (Wildman–Crippen LogP) is 0.253. The number of imide groups is 1. The summed E-state index contributed by atoms with van der Waals surface area (Å²) in [6.07, 6.45) is 4.15. The van der Waals surface area contributed by atoms with Crippen molar-refractivity contribution in [3.63, 3.8) is 0 Å². The van der Waals surface area contributed by atoms with Crippen LogP contribution in [0.1, 0.15) is 38.9 Å². The molecule has 0 aliphatic carbocycles. The van der Waals surface area contributed by atoms with E-state index in [9.17, 15) is 9.59 Å². The maximum atomic E-state index is 12.2. The fraction of sp³-hybridized carbons (Fsp3) is 0.692. The van der Waals surface area contributed by atoms with Crippen LogP contribution >= 0.6 is 0 Å². The average Bonchev–Trinajstić information content (AvgIpc) is 3.03. The van der Waals surface area contributed by atoms with Gasteiger partial charge in [0.05, 0.1) is 12.5 Å². The van der Waals surface area contributed by atoms with Gasteiger partial charge < -0.3 is 5.32 Å². The molecule has 7 nitrogen and oxygen atoms in total. The van der Waals surface area contributed by atoms with Gasteiger partial charge in [0.1, 0.15) is 12.2 Å². The van der Waals surface area contributed by atoms with Crippen LogP contribution in [-0.4, -0.2) is 50.5 Å². The zero-order valence-corrected chi connectivity index (χ0v) is 11.9. The van der Waals surface area contributed by atoms with Crippen LogP contribution in [0.2, 0.25) is 0 Å². The van der Waals surface area contributed by atoms with Gasteiger partial charge in [-0.05, 0) is 26.3 Å². The van der Waals surface area contributed by atoms with Gasteiger partial charge in [-0.3, -0.25) is 19.6 Å². The molecule has 0 radical (unpaired) electrons. The van der Waals surface area contributed by atoms with E-state index in [1.54, 1.807) is 0 Å². The van der Waals surface area contributed by atoms with Crippen LogP contribution in [-0.2, 0) is 16.0 Å². The highest BCUT2D eigenvalue weighted by atomic mass is 16.2. The van der Waals surface area contributed by atoms with Crippen LogP contribution < -0.4 is 5.32 Å². The lowest BCUT2D eigenvalue weighted by Crippen LogP contribution is -2.42. The molecule has 1 aliphatic heterocycles. The Bertz CT molecular complexity index is 459. The zero-order chi connectivity index (χ0) is 14.5. The fourth-order valence-electron chi connectivity index (χ4n) is 2.34. The highest BCUT2D eigenvalue weighted by Crippen LogP contribution is 2.17. The van der Waals surface area contributed by atoms with Crippen molar-refractivity contribution in [2.45, 2.75) is 51.6 Å². The number of H-pyrrole nitrogens is 1.